The summed E-state index contributed by atoms with van der Waals surface area (Å²) < 4.78 is 28.2. The Hall–Kier alpha value is -5.13. The van der Waals surface area contributed by atoms with Crippen molar-refractivity contribution in [3.63, 3.8) is 0 Å². The molecule has 0 radical (unpaired) electrons. The number of non-ortho nitro benzene ring substituents is 1. The topological polar surface area (TPSA) is 231 Å². The van der Waals surface area contributed by atoms with Gasteiger partial charge in [0.15, 0.2) is 18.4 Å². The average Bonchev–Trinajstić information content (AvgIpc) is 2.89. The zero-order chi connectivity index (χ0) is 31.1. The van der Waals surface area contributed by atoms with E-state index in [0.29, 0.717) is 6.07 Å². The second kappa shape index (κ2) is 13.5. The number of nitro groups is 2. The number of hydrogen-bond acceptors (Lipinski definition) is 15. The monoisotopic (exact) mass is 593 g/mol. The van der Waals surface area contributed by atoms with Crippen molar-refractivity contribution in [3.8, 4) is 5.88 Å². The average molecular weight is 594 g/mol. The molecule has 18 heteroatoms. The molecule has 226 valence electrons. The molecule has 5 unspecified atom stereocenters. The van der Waals surface area contributed by atoms with E-state index in [1.165, 1.54) is 12.3 Å². The fourth-order valence-corrected chi connectivity index (χ4v) is 4.22. The number of aromatic nitrogens is 2. The van der Waals surface area contributed by atoms with Gasteiger partial charge in [0.2, 0.25) is 5.88 Å². The molecule has 0 bridgehead atoms. The summed E-state index contributed by atoms with van der Waals surface area (Å²) in [7, 11) is 0. The molecule has 1 aliphatic heterocycles. The number of hydrogen-bond donors (Lipinski definition) is 1. The normalized spacial score (nSPS) is 21.5. The minimum Gasteiger partial charge on any atom is -0.478 e. The van der Waals surface area contributed by atoms with E-state index >= 15 is 0 Å². The molecule has 5 atom stereocenters. The van der Waals surface area contributed by atoms with Crippen LogP contribution in [-0.2, 0) is 33.3 Å². The summed E-state index contributed by atoms with van der Waals surface area (Å²) in [6, 6.07) is 2.65. The molecule has 1 fully saturated rings. The molecular weight excluding hydrogens is 566 g/mol. The lowest BCUT2D eigenvalue weighted by Crippen LogP contribution is -2.62. The molecule has 2 aromatic rings. The standard InChI is InChI=1S/C24H27N5O13/c1-5-38-19-8-9-27(24(33)26-19)23-20(25-16-7-6-15(28(34)35)10-17(16)29(36)37)22(41-14(4)32)21(40-13(3)31)18(42-23)11-39-12(2)30/h6-10,18,20-23,25H,5,11H2,1-4H3. The molecule has 42 heavy (non-hydrogen) atoms. The Labute approximate surface area is 236 Å². The number of esters is 3. The Morgan fingerprint density at radius 3 is 2.24 bits per heavy atom. The van der Waals surface area contributed by atoms with Gasteiger partial charge in [0.25, 0.3) is 11.4 Å². The van der Waals surface area contributed by atoms with Gasteiger partial charge >= 0.3 is 23.6 Å². The molecule has 2 heterocycles. The summed E-state index contributed by atoms with van der Waals surface area (Å²) in [6.45, 7) is 4.59. The van der Waals surface area contributed by atoms with Crippen molar-refractivity contribution in [2.24, 2.45) is 0 Å². The first kappa shape index (κ1) is 31.4. The number of anilines is 1. The lowest BCUT2D eigenvalue weighted by Gasteiger charge is -2.45. The third-order valence-corrected chi connectivity index (χ3v) is 5.80. The van der Waals surface area contributed by atoms with E-state index in [2.05, 4.69) is 10.3 Å². The summed E-state index contributed by atoms with van der Waals surface area (Å²) in [5, 5.41) is 25.9. The Bertz CT molecular complexity index is 1430. The molecule has 0 amide bonds. The third-order valence-electron chi connectivity index (χ3n) is 5.80. The maximum Gasteiger partial charge on any atom is 0.353 e. The first-order valence-electron chi connectivity index (χ1n) is 12.4. The summed E-state index contributed by atoms with van der Waals surface area (Å²) in [4.78, 5) is 74.2. The van der Waals surface area contributed by atoms with Crippen molar-refractivity contribution in [2.75, 3.05) is 18.5 Å². The van der Waals surface area contributed by atoms with Gasteiger partial charge in [-0.1, -0.05) is 0 Å². The number of carbonyl (C=O) groups excluding carboxylic acids is 3. The molecule has 0 aliphatic carbocycles. The molecule has 0 spiro atoms. The first-order chi connectivity index (χ1) is 19.8. The molecule has 18 nitrogen and oxygen atoms in total. The number of nitrogens with zero attached hydrogens (tertiary/aromatic N) is 4. The van der Waals surface area contributed by atoms with E-state index in [1.807, 2.05) is 0 Å². The number of rotatable bonds is 11. The maximum absolute atomic E-state index is 13.1. The smallest absolute Gasteiger partial charge is 0.353 e. The molecule has 1 N–H and O–H groups in total. The van der Waals surface area contributed by atoms with Crippen molar-refractivity contribution in [1.82, 2.24) is 9.55 Å². The molecule has 1 aromatic carbocycles. The fourth-order valence-electron chi connectivity index (χ4n) is 4.22. The number of ether oxygens (including phenoxy) is 5. The second-order valence-corrected chi connectivity index (χ2v) is 8.79. The summed E-state index contributed by atoms with van der Waals surface area (Å²) in [6.07, 6.45) is -4.53. The van der Waals surface area contributed by atoms with E-state index in [1.54, 1.807) is 6.92 Å². The van der Waals surface area contributed by atoms with Crippen LogP contribution >= 0.6 is 0 Å². The van der Waals surface area contributed by atoms with Gasteiger partial charge in [0.1, 0.15) is 24.4 Å². The molecule has 1 aliphatic rings. The quantitative estimate of drug-likeness (QED) is 0.167. The Kier molecular flexibility index (Phi) is 10.1. The number of carbonyl (C=O) groups is 3. The molecule has 1 saturated heterocycles. The highest BCUT2D eigenvalue weighted by atomic mass is 16.6. The highest BCUT2D eigenvalue weighted by Crippen LogP contribution is 2.37. The fraction of sp³-hybridized carbons (Fsp3) is 0.458. The number of benzene rings is 1. The Morgan fingerprint density at radius 2 is 1.69 bits per heavy atom. The highest BCUT2D eigenvalue weighted by molar-refractivity contribution is 5.69. The van der Waals surface area contributed by atoms with Crippen LogP contribution in [0.25, 0.3) is 0 Å². The predicted molar refractivity (Wildman–Crippen MR) is 138 cm³/mol. The maximum atomic E-state index is 13.1. The van der Waals surface area contributed by atoms with Gasteiger partial charge in [-0.05, 0) is 13.0 Å². The van der Waals surface area contributed by atoms with Crippen LogP contribution in [0.1, 0.15) is 33.9 Å². The van der Waals surface area contributed by atoms with Gasteiger partial charge < -0.3 is 29.0 Å². The van der Waals surface area contributed by atoms with Crippen LogP contribution in [0.15, 0.2) is 35.3 Å². The minimum absolute atomic E-state index is 0.0177. The van der Waals surface area contributed by atoms with Gasteiger partial charge in [-0.15, -0.1) is 0 Å². The summed E-state index contributed by atoms with van der Waals surface area (Å²) >= 11 is 0. The molecule has 1 aromatic heterocycles. The van der Waals surface area contributed by atoms with E-state index in [4.69, 9.17) is 23.7 Å². The Morgan fingerprint density at radius 1 is 1.02 bits per heavy atom. The van der Waals surface area contributed by atoms with Crippen molar-refractivity contribution < 1.29 is 47.9 Å². The molecule has 3 rings (SSSR count). The number of nitro benzene ring substituents is 2. The summed E-state index contributed by atoms with van der Waals surface area (Å²) in [5.41, 5.74) is -2.50. The van der Waals surface area contributed by atoms with Crippen LogP contribution in [0, 0.1) is 20.2 Å². The van der Waals surface area contributed by atoms with Crippen molar-refractivity contribution >= 4 is 35.0 Å². The van der Waals surface area contributed by atoms with Crippen LogP contribution in [0.2, 0.25) is 0 Å². The van der Waals surface area contributed by atoms with Gasteiger partial charge in [-0.2, -0.15) is 4.98 Å². The van der Waals surface area contributed by atoms with Crippen LogP contribution in [0.4, 0.5) is 17.1 Å². The lowest BCUT2D eigenvalue weighted by molar-refractivity contribution is -0.393. The van der Waals surface area contributed by atoms with Gasteiger partial charge in [-0.25, -0.2) is 4.79 Å². The van der Waals surface area contributed by atoms with E-state index < -0.39 is 82.0 Å². The van der Waals surface area contributed by atoms with E-state index in [-0.39, 0.29) is 18.2 Å². The van der Waals surface area contributed by atoms with Crippen LogP contribution in [0.3, 0.4) is 0 Å². The van der Waals surface area contributed by atoms with Gasteiger partial charge in [0, 0.05) is 39.1 Å². The highest BCUT2D eigenvalue weighted by Gasteiger charge is 2.52. The minimum atomic E-state index is -1.51. The first-order valence-corrected chi connectivity index (χ1v) is 12.4. The van der Waals surface area contributed by atoms with Crippen molar-refractivity contribution in [3.05, 3.63) is 61.2 Å². The van der Waals surface area contributed by atoms with E-state index in [9.17, 15) is 39.4 Å². The van der Waals surface area contributed by atoms with E-state index in [0.717, 1.165) is 37.5 Å². The van der Waals surface area contributed by atoms with Crippen molar-refractivity contribution in [2.45, 2.75) is 58.3 Å². The Balaban J connectivity index is 2.22. The number of nitrogens with one attached hydrogen (secondary N) is 1. The zero-order valence-corrected chi connectivity index (χ0v) is 22.8. The predicted octanol–water partition coefficient (Wildman–Crippen LogP) is 1.26. The van der Waals surface area contributed by atoms with Crippen molar-refractivity contribution in [1.29, 1.82) is 0 Å². The third kappa shape index (κ3) is 7.53. The van der Waals surface area contributed by atoms with Gasteiger partial charge in [-0.3, -0.25) is 39.2 Å². The van der Waals surface area contributed by atoms with Crippen LogP contribution in [0.5, 0.6) is 5.88 Å². The lowest BCUT2D eigenvalue weighted by atomic mass is 9.94. The zero-order valence-electron chi connectivity index (χ0n) is 22.8. The van der Waals surface area contributed by atoms with Crippen LogP contribution < -0.4 is 15.7 Å². The molecular formula is C24H27N5O13. The molecule has 0 saturated carbocycles. The van der Waals surface area contributed by atoms with Crippen LogP contribution in [-0.4, -0.2) is 74.9 Å². The second-order valence-electron chi connectivity index (χ2n) is 8.79. The largest absolute Gasteiger partial charge is 0.478 e. The SMILES string of the molecule is CCOc1ccn(C2OC(COC(C)=O)C(OC(C)=O)C(OC(C)=O)C2Nc2ccc([N+](=O)[O-])cc2[N+](=O)[O-])c(=O)n1. The summed E-state index contributed by atoms with van der Waals surface area (Å²) in [5.74, 6) is -2.45. The van der Waals surface area contributed by atoms with Gasteiger partial charge in [0.05, 0.1) is 22.5 Å².